The summed E-state index contributed by atoms with van der Waals surface area (Å²) in [5, 5.41) is 49.3. The van der Waals surface area contributed by atoms with Gasteiger partial charge in [0.2, 0.25) is 5.78 Å². The molecule has 1 aromatic carbocycles. The number of aliphatic hydroxyl groups excluding tert-OH is 2. The number of hydrogen-bond donors (Lipinski definition) is 6. The van der Waals surface area contributed by atoms with E-state index >= 15 is 0 Å². The molecule has 2 aromatic rings. The summed E-state index contributed by atoms with van der Waals surface area (Å²) in [6.07, 6.45) is 3.28. The van der Waals surface area contributed by atoms with Crippen LogP contribution in [0.2, 0.25) is 0 Å². The van der Waals surface area contributed by atoms with E-state index in [4.69, 9.17) is 10.2 Å². The van der Waals surface area contributed by atoms with Crippen LogP contribution in [0.3, 0.4) is 0 Å². The molecular formula is C31H37N3O8. The topological polar surface area (TPSA) is 187 Å². The second-order valence-electron chi connectivity index (χ2n) is 12.9. The third kappa shape index (κ3) is 4.43. The van der Waals surface area contributed by atoms with Crippen LogP contribution in [0.4, 0.5) is 0 Å². The molecule has 0 aliphatic heterocycles. The largest absolute Gasteiger partial charge is 0.508 e. The van der Waals surface area contributed by atoms with Gasteiger partial charge in [-0.25, -0.2) is 0 Å². The minimum atomic E-state index is -2.68. The number of ketones is 2. The summed E-state index contributed by atoms with van der Waals surface area (Å²) in [7, 11) is 3.13. The Morgan fingerprint density at radius 3 is 2.48 bits per heavy atom. The maximum atomic E-state index is 14.1. The van der Waals surface area contributed by atoms with Crippen molar-refractivity contribution in [2.45, 2.75) is 51.8 Å². The first-order valence-electron chi connectivity index (χ1n) is 13.8. The fourth-order valence-corrected chi connectivity index (χ4v) is 6.75. The van der Waals surface area contributed by atoms with Gasteiger partial charge in [0.05, 0.1) is 24.1 Å². The number of nitrogens with two attached hydrogens (primary N) is 1. The number of aliphatic hydroxyl groups is 3. The molecule has 42 heavy (non-hydrogen) atoms. The molecule has 0 bridgehead atoms. The van der Waals surface area contributed by atoms with E-state index in [9.17, 15) is 34.8 Å². The van der Waals surface area contributed by atoms with Crippen LogP contribution < -0.4 is 11.1 Å². The van der Waals surface area contributed by atoms with Crippen molar-refractivity contribution < 1.29 is 39.2 Å². The number of furan rings is 1. The molecule has 1 aromatic heterocycles. The zero-order valence-electron chi connectivity index (χ0n) is 24.3. The molecule has 1 amide bonds. The standard InChI is InChI=1S/C31H37N3O8/c1-30(2,3)13-33-11-16-9-17(14-6-7-42-12-14)18-8-15-10-19-23(34(4)5)26(37)22(29(32)40)28(39)31(19,41)27(38)20(15)25(36)21(18)24(16)35/h6-7,9,12,15,19,23,33,35-36,39,41H,8,10-11,13H2,1-5H3,(H2,32,40)/t15-,19-,23-,31-/m0/s1. The fourth-order valence-electron chi connectivity index (χ4n) is 6.75. The molecule has 7 N–H and O–H groups in total. The number of nitrogens with one attached hydrogen (secondary N) is 1. The Kier molecular flexibility index (Phi) is 7.11. The number of Topliss-reactive ketones (excluding diaryl/α,β-unsaturated/α-hetero) is 2. The molecule has 3 aliphatic carbocycles. The Morgan fingerprint density at radius 2 is 1.90 bits per heavy atom. The van der Waals surface area contributed by atoms with Gasteiger partial charge in [-0.15, -0.1) is 0 Å². The first-order valence-corrected chi connectivity index (χ1v) is 13.8. The van der Waals surface area contributed by atoms with E-state index < -0.39 is 58.0 Å². The molecule has 5 rings (SSSR count). The molecule has 11 heteroatoms. The van der Waals surface area contributed by atoms with Crippen molar-refractivity contribution in [3.63, 3.8) is 0 Å². The number of phenolic OH excluding ortho intramolecular Hbond substituents is 1. The molecule has 1 fully saturated rings. The second kappa shape index (κ2) is 10.1. The van der Waals surface area contributed by atoms with Crippen molar-refractivity contribution in [3.05, 3.63) is 58.3 Å². The maximum absolute atomic E-state index is 14.1. The van der Waals surface area contributed by atoms with Gasteiger partial charge in [0.15, 0.2) is 11.4 Å². The van der Waals surface area contributed by atoms with Crippen LogP contribution in [0.15, 0.2) is 46.0 Å². The van der Waals surface area contributed by atoms with E-state index in [2.05, 4.69) is 26.1 Å². The summed E-state index contributed by atoms with van der Waals surface area (Å²) in [5.41, 5.74) is 4.19. The zero-order chi connectivity index (χ0) is 30.9. The molecule has 0 unspecified atom stereocenters. The Bertz CT molecular complexity index is 1550. The van der Waals surface area contributed by atoms with Gasteiger partial charge in [-0.1, -0.05) is 20.8 Å². The van der Waals surface area contributed by atoms with Gasteiger partial charge in [0, 0.05) is 35.7 Å². The summed E-state index contributed by atoms with van der Waals surface area (Å²) in [5.74, 6) is -6.74. The van der Waals surface area contributed by atoms with Crippen molar-refractivity contribution in [3.8, 4) is 16.9 Å². The Balaban J connectivity index is 1.71. The highest BCUT2D eigenvalue weighted by Gasteiger charge is 2.64. The van der Waals surface area contributed by atoms with Crippen LogP contribution in [0.1, 0.15) is 43.9 Å². The van der Waals surface area contributed by atoms with Crippen LogP contribution in [-0.4, -0.2) is 75.1 Å². The van der Waals surface area contributed by atoms with Gasteiger partial charge >= 0.3 is 0 Å². The molecule has 4 atom stereocenters. The molecule has 0 radical (unpaired) electrons. The summed E-state index contributed by atoms with van der Waals surface area (Å²) in [6.45, 7) is 7.12. The number of carbonyl (C=O) groups excluding carboxylic acids is 3. The zero-order valence-corrected chi connectivity index (χ0v) is 24.3. The van der Waals surface area contributed by atoms with Gasteiger partial charge in [-0.3, -0.25) is 19.3 Å². The number of hydrogen-bond acceptors (Lipinski definition) is 10. The number of amides is 1. The molecular weight excluding hydrogens is 542 g/mol. The van der Waals surface area contributed by atoms with E-state index in [-0.39, 0.29) is 41.7 Å². The van der Waals surface area contributed by atoms with Crippen LogP contribution >= 0.6 is 0 Å². The minimum Gasteiger partial charge on any atom is -0.508 e. The molecule has 1 heterocycles. The Labute approximate surface area is 243 Å². The summed E-state index contributed by atoms with van der Waals surface area (Å²) in [4.78, 5) is 41.1. The Morgan fingerprint density at radius 1 is 1.21 bits per heavy atom. The number of phenols is 1. The molecule has 0 spiro atoms. The quantitative estimate of drug-likeness (QED) is 0.277. The number of likely N-dealkylation sites (N-methyl/N-ethyl adjacent to an activating group) is 1. The molecule has 11 nitrogen and oxygen atoms in total. The van der Waals surface area contributed by atoms with Crippen LogP contribution in [0, 0.1) is 17.3 Å². The highest BCUT2D eigenvalue weighted by molar-refractivity contribution is 6.24. The van der Waals surface area contributed by atoms with Gasteiger partial charge < -0.3 is 35.9 Å². The SMILES string of the molecule is CN(C)[C@@H]1C(=O)C(C(N)=O)=C(O)[C@@]2(O)C(=O)C3=C(O)c4c(O)c(CNCC(C)(C)C)cc(-c5ccoc5)c4C[C@H]3C[C@@H]12. The van der Waals surface area contributed by atoms with Gasteiger partial charge in [-0.2, -0.15) is 0 Å². The van der Waals surface area contributed by atoms with E-state index in [1.54, 1.807) is 26.4 Å². The van der Waals surface area contributed by atoms with Gasteiger partial charge in [-0.05, 0) is 61.5 Å². The number of nitrogens with zero attached hydrogens (tertiary/aromatic N) is 1. The molecule has 3 aliphatic rings. The predicted molar refractivity (Wildman–Crippen MR) is 153 cm³/mol. The normalized spacial score (nSPS) is 25.9. The van der Waals surface area contributed by atoms with Crippen molar-refractivity contribution in [2.24, 2.45) is 23.0 Å². The van der Waals surface area contributed by atoms with Crippen molar-refractivity contribution in [1.82, 2.24) is 10.2 Å². The number of fused-ring (bicyclic) bond motifs is 3. The van der Waals surface area contributed by atoms with Gasteiger partial charge in [0.25, 0.3) is 5.91 Å². The number of aromatic hydroxyl groups is 1. The average molecular weight is 580 g/mol. The lowest BCUT2D eigenvalue weighted by Gasteiger charge is -2.50. The maximum Gasteiger partial charge on any atom is 0.255 e. The lowest BCUT2D eigenvalue weighted by molar-refractivity contribution is -0.153. The summed E-state index contributed by atoms with van der Waals surface area (Å²) < 4.78 is 5.33. The highest BCUT2D eigenvalue weighted by Crippen LogP contribution is 2.54. The number of rotatable bonds is 6. The highest BCUT2D eigenvalue weighted by atomic mass is 16.3. The molecule has 224 valence electrons. The first kappa shape index (κ1) is 29.6. The average Bonchev–Trinajstić information content (AvgIpc) is 3.41. The van der Waals surface area contributed by atoms with E-state index in [1.165, 1.54) is 11.2 Å². The van der Waals surface area contributed by atoms with Crippen molar-refractivity contribution in [2.75, 3.05) is 20.6 Å². The predicted octanol–water partition coefficient (Wildman–Crippen LogP) is 2.36. The summed E-state index contributed by atoms with van der Waals surface area (Å²) >= 11 is 0. The number of carbonyl (C=O) groups is 3. The summed E-state index contributed by atoms with van der Waals surface area (Å²) in [6, 6.07) is 2.45. The van der Waals surface area contributed by atoms with E-state index in [0.29, 0.717) is 28.8 Å². The molecule has 0 saturated heterocycles. The van der Waals surface area contributed by atoms with Crippen LogP contribution in [0.5, 0.6) is 5.75 Å². The fraction of sp³-hybridized carbons (Fsp3) is 0.452. The number of primary amides is 1. The number of benzene rings is 1. The van der Waals surface area contributed by atoms with Crippen molar-refractivity contribution >= 4 is 23.2 Å². The van der Waals surface area contributed by atoms with Crippen LogP contribution in [0.25, 0.3) is 16.9 Å². The van der Waals surface area contributed by atoms with E-state index in [0.717, 1.165) is 0 Å². The van der Waals surface area contributed by atoms with E-state index in [1.807, 2.05) is 6.07 Å². The third-order valence-electron chi connectivity index (χ3n) is 8.60. The third-order valence-corrected chi connectivity index (χ3v) is 8.60. The first-order chi connectivity index (χ1) is 19.6. The minimum absolute atomic E-state index is 0.0201. The van der Waals surface area contributed by atoms with Crippen LogP contribution in [-0.2, 0) is 27.3 Å². The monoisotopic (exact) mass is 579 g/mol. The molecule has 1 saturated carbocycles. The smallest absolute Gasteiger partial charge is 0.255 e. The lowest BCUT2D eigenvalue weighted by Crippen LogP contribution is -2.65. The second-order valence-corrected chi connectivity index (χ2v) is 12.9. The van der Waals surface area contributed by atoms with Gasteiger partial charge in [0.1, 0.15) is 22.8 Å². The van der Waals surface area contributed by atoms with Crippen molar-refractivity contribution in [1.29, 1.82) is 0 Å². The lowest BCUT2D eigenvalue weighted by atomic mass is 9.57. The Hall–Kier alpha value is -3.93.